The minimum atomic E-state index is -0.534. The fourth-order valence-electron chi connectivity index (χ4n) is 8.61. The molecule has 2 fully saturated rings. The maximum absolute atomic E-state index is 13.9. The van der Waals surface area contributed by atoms with Gasteiger partial charge >= 0.3 is 0 Å². The maximum atomic E-state index is 13.9. The first kappa shape index (κ1) is 41.1. The molecule has 2 aliphatic heterocycles. The van der Waals surface area contributed by atoms with Gasteiger partial charge in [0.05, 0.1) is 52.1 Å². The Balaban J connectivity index is 0.843. The van der Waals surface area contributed by atoms with E-state index in [0.717, 1.165) is 55.6 Å². The first-order valence-corrected chi connectivity index (χ1v) is 21.3. The molecule has 0 radical (unpaired) electrons. The molecule has 0 unspecified atom stereocenters. The Morgan fingerprint density at radius 1 is 0.850 bits per heavy atom. The van der Waals surface area contributed by atoms with Gasteiger partial charge in [0.15, 0.2) is 5.78 Å². The number of aryl methyl sites for hydroxylation is 3. The van der Waals surface area contributed by atoms with E-state index in [9.17, 15) is 9.59 Å². The SMILES string of the molecule is Cc1cccc(Oc2ccc(C(=O)c3c[nH]c4ncnc(N[C@@H]5CC[C@@H](C(=O)NCCCCN6[C@@H](c7ncccc7C)CCC[C@H]6c6ncccc6C)OC5)c34)c(Cl)c2)c1. The molecular formula is C47H51ClN8O4. The quantitative estimate of drug-likeness (QED) is 0.0718. The van der Waals surface area contributed by atoms with Crippen LogP contribution in [0, 0.1) is 20.8 Å². The lowest BCUT2D eigenvalue weighted by molar-refractivity contribution is -0.135. The Labute approximate surface area is 355 Å². The van der Waals surface area contributed by atoms with Crippen molar-refractivity contribution in [1.29, 1.82) is 0 Å². The van der Waals surface area contributed by atoms with Crippen LogP contribution in [0.2, 0.25) is 5.02 Å². The first-order valence-electron chi connectivity index (χ1n) is 20.9. The summed E-state index contributed by atoms with van der Waals surface area (Å²) < 4.78 is 12.1. The van der Waals surface area contributed by atoms with Crippen molar-refractivity contribution < 1.29 is 19.1 Å². The molecule has 0 saturated carbocycles. The van der Waals surface area contributed by atoms with Crippen LogP contribution >= 0.6 is 11.6 Å². The van der Waals surface area contributed by atoms with Gasteiger partial charge in [-0.3, -0.25) is 24.5 Å². The lowest BCUT2D eigenvalue weighted by Crippen LogP contribution is -2.43. The molecule has 0 bridgehead atoms. The van der Waals surface area contributed by atoms with Gasteiger partial charge in [0.2, 0.25) is 5.91 Å². The normalized spacial score (nSPS) is 19.5. The van der Waals surface area contributed by atoms with Gasteiger partial charge in [0, 0.05) is 36.8 Å². The summed E-state index contributed by atoms with van der Waals surface area (Å²) in [6.45, 7) is 8.06. The molecule has 60 heavy (non-hydrogen) atoms. The molecular weight excluding hydrogens is 776 g/mol. The number of nitrogens with one attached hydrogen (secondary N) is 3. The molecule has 2 saturated heterocycles. The second-order valence-electron chi connectivity index (χ2n) is 15.9. The van der Waals surface area contributed by atoms with Crippen LogP contribution in [0.4, 0.5) is 5.82 Å². The molecule has 6 heterocycles. The van der Waals surface area contributed by atoms with E-state index < -0.39 is 6.10 Å². The first-order chi connectivity index (χ1) is 29.2. The van der Waals surface area contributed by atoms with E-state index in [1.54, 1.807) is 24.4 Å². The zero-order chi connectivity index (χ0) is 41.6. The van der Waals surface area contributed by atoms with Crippen LogP contribution < -0.4 is 15.4 Å². The number of aromatic nitrogens is 5. The number of anilines is 1. The van der Waals surface area contributed by atoms with E-state index >= 15 is 0 Å². The standard InChI is InChI=1S/C47H51ClN8O4/c1-29-10-6-13-33(24-29)60-34-17-18-35(37(48)25-34)44(57)36-26-52-45-41(36)46(54-28-53-45)55-32-16-19-40(59-27-32)47(58)51-20-4-5-23-56-38(42-30(2)11-8-21-49-42)14-7-15-39(56)43-31(3)12-9-22-50-43/h6,8-13,17-18,21-22,24-26,28,32,38-40H,4-5,7,14-16,19-20,23,27H2,1-3H3,(H,51,58)(H2,52,53,54,55)/t32-,38-,39+,40+/m1/s1. The molecule has 13 heteroatoms. The highest BCUT2D eigenvalue weighted by atomic mass is 35.5. The second kappa shape index (κ2) is 18.7. The van der Waals surface area contributed by atoms with Crippen molar-refractivity contribution in [3.05, 3.63) is 136 Å². The number of likely N-dealkylation sites (tertiary alicyclic amines) is 1. The van der Waals surface area contributed by atoms with Gasteiger partial charge in [-0.15, -0.1) is 0 Å². The number of carbonyl (C=O) groups is 2. The van der Waals surface area contributed by atoms with Gasteiger partial charge in [-0.2, -0.15) is 0 Å². The summed E-state index contributed by atoms with van der Waals surface area (Å²) in [5.41, 5.74) is 7.04. The Kier molecular flexibility index (Phi) is 12.8. The minimum Gasteiger partial charge on any atom is -0.457 e. The number of hydrogen-bond donors (Lipinski definition) is 3. The topological polar surface area (TPSA) is 147 Å². The summed E-state index contributed by atoms with van der Waals surface area (Å²) in [6.07, 6.45) is 12.6. The summed E-state index contributed by atoms with van der Waals surface area (Å²) in [6, 6.07) is 21.4. The van der Waals surface area contributed by atoms with Gasteiger partial charge in [0.25, 0.3) is 0 Å². The molecule has 1 amide bonds. The number of carbonyl (C=O) groups excluding carboxylic acids is 2. The van der Waals surface area contributed by atoms with Crippen LogP contribution in [-0.2, 0) is 9.53 Å². The van der Waals surface area contributed by atoms with Gasteiger partial charge in [-0.25, -0.2) is 9.97 Å². The largest absolute Gasteiger partial charge is 0.457 e. The van der Waals surface area contributed by atoms with Crippen LogP contribution in [0.25, 0.3) is 11.0 Å². The lowest BCUT2D eigenvalue weighted by atomic mass is 9.88. The number of halogens is 1. The highest BCUT2D eigenvalue weighted by Gasteiger charge is 2.35. The average molecular weight is 827 g/mol. The lowest BCUT2D eigenvalue weighted by Gasteiger charge is -2.42. The zero-order valence-corrected chi connectivity index (χ0v) is 35.0. The third-order valence-electron chi connectivity index (χ3n) is 11.7. The summed E-state index contributed by atoms with van der Waals surface area (Å²) in [5.74, 6) is 1.35. The van der Waals surface area contributed by atoms with Crippen molar-refractivity contribution in [1.82, 2.24) is 35.1 Å². The van der Waals surface area contributed by atoms with Crippen LogP contribution in [0.1, 0.15) is 101 Å². The molecule has 8 rings (SSSR count). The van der Waals surface area contributed by atoms with Crippen molar-refractivity contribution in [2.75, 3.05) is 25.0 Å². The molecule has 6 aromatic rings. The summed E-state index contributed by atoms with van der Waals surface area (Å²) in [5, 5.41) is 7.41. The van der Waals surface area contributed by atoms with Crippen LogP contribution in [0.15, 0.2) is 91.6 Å². The number of fused-ring (bicyclic) bond motifs is 1. The summed E-state index contributed by atoms with van der Waals surface area (Å²) >= 11 is 6.65. The van der Waals surface area contributed by atoms with Gasteiger partial charge in [0.1, 0.15) is 35.4 Å². The highest BCUT2D eigenvalue weighted by Crippen LogP contribution is 2.42. The molecule has 0 spiro atoms. The molecule has 2 aliphatic rings. The van der Waals surface area contributed by atoms with Crippen molar-refractivity contribution in [2.45, 2.75) is 89.9 Å². The van der Waals surface area contributed by atoms with E-state index in [-0.39, 0.29) is 34.8 Å². The Morgan fingerprint density at radius 3 is 2.28 bits per heavy atom. The van der Waals surface area contributed by atoms with Crippen LogP contribution in [0.3, 0.4) is 0 Å². The third-order valence-corrected chi connectivity index (χ3v) is 12.0. The number of rotatable bonds is 14. The molecule has 4 aromatic heterocycles. The molecule has 0 aliphatic carbocycles. The highest BCUT2D eigenvalue weighted by molar-refractivity contribution is 6.35. The Bertz CT molecular complexity index is 2410. The molecule has 4 atom stereocenters. The number of ether oxygens (including phenoxy) is 2. The second-order valence-corrected chi connectivity index (χ2v) is 16.3. The number of hydrogen-bond acceptors (Lipinski definition) is 10. The van der Waals surface area contributed by atoms with Gasteiger partial charge in [-0.1, -0.05) is 35.9 Å². The zero-order valence-electron chi connectivity index (χ0n) is 34.3. The number of ketones is 1. The van der Waals surface area contributed by atoms with Crippen molar-refractivity contribution in [3.63, 3.8) is 0 Å². The predicted molar refractivity (Wildman–Crippen MR) is 233 cm³/mol. The molecule has 2 aromatic carbocycles. The number of pyridine rings is 2. The average Bonchev–Trinajstić information content (AvgIpc) is 3.70. The molecule has 310 valence electrons. The van der Waals surface area contributed by atoms with E-state index in [2.05, 4.69) is 56.5 Å². The fourth-order valence-corrected chi connectivity index (χ4v) is 8.87. The van der Waals surface area contributed by atoms with Crippen molar-refractivity contribution in [3.8, 4) is 11.5 Å². The van der Waals surface area contributed by atoms with Crippen molar-refractivity contribution in [2.24, 2.45) is 0 Å². The predicted octanol–water partition coefficient (Wildman–Crippen LogP) is 9.17. The van der Waals surface area contributed by atoms with Crippen molar-refractivity contribution >= 4 is 40.1 Å². The number of nitrogens with zero attached hydrogens (tertiary/aromatic N) is 5. The number of H-pyrrole nitrogens is 1. The molecule has 12 nitrogen and oxygen atoms in total. The number of amides is 1. The fraction of sp³-hybridized carbons (Fsp3) is 0.362. The van der Waals surface area contributed by atoms with Crippen LogP contribution in [-0.4, -0.2) is 73.4 Å². The van der Waals surface area contributed by atoms with E-state index in [0.29, 0.717) is 65.5 Å². The smallest absolute Gasteiger partial charge is 0.249 e. The number of unbranched alkanes of at least 4 members (excludes halogenated alkanes) is 1. The summed E-state index contributed by atoms with van der Waals surface area (Å²) in [4.78, 5) is 51.4. The van der Waals surface area contributed by atoms with Crippen LogP contribution in [0.5, 0.6) is 11.5 Å². The third kappa shape index (κ3) is 9.21. The van der Waals surface area contributed by atoms with E-state index in [1.165, 1.54) is 17.5 Å². The Hall–Kier alpha value is -5.69. The van der Waals surface area contributed by atoms with Gasteiger partial charge in [-0.05, 0) is 125 Å². The van der Waals surface area contributed by atoms with E-state index in [1.807, 2.05) is 55.7 Å². The number of piperidine rings is 1. The number of benzene rings is 2. The van der Waals surface area contributed by atoms with Gasteiger partial charge < -0.3 is 25.1 Å². The minimum absolute atomic E-state index is 0.0921. The maximum Gasteiger partial charge on any atom is 0.249 e. The summed E-state index contributed by atoms with van der Waals surface area (Å²) in [7, 11) is 0. The molecule has 3 N–H and O–H groups in total. The monoisotopic (exact) mass is 826 g/mol. The number of aromatic amines is 1. The van der Waals surface area contributed by atoms with E-state index in [4.69, 9.17) is 31.0 Å². The Morgan fingerprint density at radius 2 is 1.60 bits per heavy atom.